The monoisotopic (exact) mass is 311 g/mol. The summed E-state index contributed by atoms with van der Waals surface area (Å²) in [6, 6.07) is 4.46. The number of aliphatic hydroxyl groups excluding tert-OH is 2. The van der Waals surface area contributed by atoms with E-state index in [4.69, 9.17) is 15.5 Å². The normalized spacial score (nSPS) is 11.0. The molecule has 1 aromatic rings. The molecule has 118 valence electrons. The highest BCUT2D eigenvalue weighted by atomic mass is 19.1. The van der Waals surface area contributed by atoms with Gasteiger partial charge in [0, 0.05) is 25.4 Å². The zero-order chi connectivity index (χ0) is 16.5. The fourth-order valence-corrected chi connectivity index (χ4v) is 1.62. The van der Waals surface area contributed by atoms with Crippen LogP contribution in [0.15, 0.2) is 30.0 Å². The highest BCUT2D eigenvalue weighted by Gasteiger charge is 2.17. The fourth-order valence-electron chi connectivity index (χ4n) is 1.62. The smallest absolute Gasteiger partial charge is 0.266 e. The van der Waals surface area contributed by atoms with Crippen molar-refractivity contribution >= 4 is 11.6 Å². The Balaban J connectivity index is 2.89. The van der Waals surface area contributed by atoms with Gasteiger partial charge in [0.1, 0.15) is 23.3 Å². The highest BCUT2D eigenvalue weighted by molar-refractivity contribution is 5.97. The van der Waals surface area contributed by atoms with Gasteiger partial charge in [0.25, 0.3) is 5.91 Å². The Morgan fingerprint density at radius 3 is 2.45 bits per heavy atom. The Labute approximate surface area is 125 Å². The van der Waals surface area contributed by atoms with E-state index >= 15 is 0 Å². The summed E-state index contributed by atoms with van der Waals surface area (Å²) in [5.41, 5.74) is -0.441. The first kappa shape index (κ1) is 17.6. The Kier molecular flexibility index (Phi) is 6.95. The third-order valence-electron chi connectivity index (χ3n) is 2.68. The van der Waals surface area contributed by atoms with Crippen molar-refractivity contribution in [2.75, 3.05) is 31.6 Å². The van der Waals surface area contributed by atoms with Crippen molar-refractivity contribution in [2.45, 2.75) is 0 Å². The number of nitrogens with one attached hydrogen (secondary N) is 1. The van der Waals surface area contributed by atoms with Crippen LogP contribution in [0.25, 0.3) is 0 Å². The SMILES string of the molecule is N#C/C(=C/Nc1ccc(F)cc1F)C(=O)N(CCO)CCO. The maximum absolute atomic E-state index is 13.4. The molecule has 6 nitrogen and oxygen atoms in total. The van der Waals surface area contributed by atoms with Crippen LogP contribution in [0.3, 0.4) is 0 Å². The predicted molar refractivity (Wildman–Crippen MR) is 74.4 cm³/mol. The maximum Gasteiger partial charge on any atom is 0.266 e. The van der Waals surface area contributed by atoms with E-state index in [1.54, 1.807) is 6.07 Å². The van der Waals surface area contributed by atoms with Crippen molar-refractivity contribution in [3.63, 3.8) is 0 Å². The summed E-state index contributed by atoms with van der Waals surface area (Å²) in [7, 11) is 0. The van der Waals surface area contributed by atoms with Crippen molar-refractivity contribution in [1.82, 2.24) is 4.90 Å². The van der Waals surface area contributed by atoms with Gasteiger partial charge in [-0.3, -0.25) is 4.79 Å². The summed E-state index contributed by atoms with van der Waals surface area (Å²) < 4.78 is 26.2. The number of nitrogens with zero attached hydrogens (tertiary/aromatic N) is 2. The van der Waals surface area contributed by atoms with E-state index in [1.807, 2.05) is 0 Å². The third kappa shape index (κ3) is 4.80. The Morgan fingerprint density at radius 2 is 1.95 bits per heavy atom. The molecule has 1 aromatic carbocycles. The largest absolute Gasteiger partial charge is 0.395 e. The highest BCUT2D eigenvalue weighted by Crippen LogP contribution is 2.15. The predicted octanol–water partition coefficient (Wildman–Crippen LogP) is 0.597. The fraction of sp³-hybridized carbons (Fsp3) is 0.286. The van der Waals surface area contributed by atoms with Crippen LogP contribution in [0.1, 0.15) is 0 Å². The molecule has 22 heavy (non-hydrogen) atoms. The van der Waals surface area contributed by atoms with Crippen molar-refractivity contribution in [2.24, 2.45) is 0 Å². The van der Waals surface area contributed by atoms with Gasteiger partial charge in [0.05, 0.1) is 18.9 Å². The average Bonchev–Trinajstić information content (AvgIpc) is 2.49. The van der Waals surface area contributed by atoms with E-state index in [0.717, 1.165) is 23.2 Å². The molecule has 0 aliphatic carbocycles. The summed E-state index contributed by atoms with van der Waals surface area (Å²) in [4.78, 5) is 13.1. The molecule has 0 bridgehead atoms. The van der Waals surface area contributed by atoms with E-state index in [2.05, 4.69) is 5.32 Å². The molecule has 3 N–H and O–H groups in total. The number of carbonyl (C=O) groups excluding carboxylic acids is 1. The molecule has 0 atom stereocenters. The van der Waals surface area contributed by atoms with Crippen LogP contribution < -0.4 is 5.32 Å². The van der Waals surface area contributed by atoms with Crippen molar-refractivity contribution in [3.8, 4) is 6.07 Å². The van der Waals surface area contributed by atoms with Crippen LogP contribution in [0.4, 0.5) is 14.5 Å². The van der Waals surface area contributed by atoms with Crippen LogP contribution in [-0.2, 0) is 4.79 Å². The van der Waals surface area contributed by atoms with E-state index in [-0.39, 0.29) is 37.6 Å². The number of amides is 1. The first-order chi connectivity index (χ1) is 10.5. The molecular formula is C14H15F2N3O3. The van der Waals surface area contributed by atoms with Crippen LogP contribution in [0.5, 0.6) is 0 Å². The minimum absolute atomic E-state index is 0.0523. The zero-order valence-corrected chi connectivity index (χ0v) is 11.6. The molecule has 1 rings (SSSR count). The first-order valence-corrected chi connectivity index (χ1v) is 6.36. The van der Waals surface area contributed by atoms with Crippen LogP contribution in [0.2, 0.25) is 0 Å². The summed E-state index contributed by atoms with van der Waals surface area (Å²) in [6.45, 7) is -0.762. The number of hydrogen-bond acceptors (Lipinski definition) is 5. The van der Waals surface area contributed by atoms with Gasteiger partial charge in [-0.15, -0.1) is 0 Å². The van der Waals surface area contributed by atoms with Gasteiger partial charge in [-0.1, -0.05) is 0 Å². The van der Waals surface area contributed by atoms with E-state index in [9.17, 15) is 13.6 Å². The number of hydrogen-bond donors (Lipinski definition) is 3. The van der Waals surface area contributed by atoms with E-state index in [1.165, 1.54) is 0 Å². The molecule has 8 heteroatoms. The van der Waals surface area contributed by atoms with E-state index in [0.29, 0.717) is 6.07 Å². The number of halogens is 2. The van der Waals surface area contributed by atoms with Gasteiger partial charge in [-0.25, -0.2) is 8.78 Å². The minimum Gasteiger partial charge on any atom is -0.395 e. The quantitative estimate of drug-likeness (QED) is 0.506. The van der Waals surface area contributed by atoms with Crippen LogP contribution >= 0.6 is 0 Å². The second kappa shape index (κ2) is 8.71. The molecule has 0 saturated heterocycles. The molecular weight excluding hydrogens is 296 g/mol. The lowest BCUT2D eigenvalue weighted by Crippen LogP contribution is -2.36. The van der Waals surface area contributed by atoms with Gasteiger partial charge in [-0.05, 0) is 12.1 Å². The summed E-state index contributed by atoms with van der Waals surface area (Å²) in [6.07, 6.45) is 0.987. The molecule has 0 unspecified atom stereocenters. The van der Waals surface area contributed by atoms with Crippen LogP contribution in [-0.4, -0.2) is 47.3 Å². The van der Waals surface area contributed by atoms with Gasteiger partial charge >= 0.3 is 0 Å². The molecule has 0 saturated carbocycles. The molecule has 0 aliphatic heterocycles. The van der Waals surface area contributed by atoms with E-state index < -0.39 is 17.5 Å². The molecule has 1 amide bonds. The second-order valence-corrected chi connectivity index (χ2v) is 4.18. The number of anilines is 1. The summed E-state index contributed by atoms with van der Waals surface area (Å²) in [5, 5.41) is 29.1. The lowest BCUT2D eigenvalue weighted by molar-refractivity contribution is -0.127. The molecule has 0 fully saturated rings. The summed E-state index contributed by atoms with van der Waals surface area (Å²) >= 11 is 0. The molecule has 0 radical (unpaired) electrons. The summed E-state index contributed by atoms with van der Waals surface area (Å²) in [5.74, 6) is -2.34. The Bertz CT molecular complexity index is 593. The molecule has 0 aliphatic rings. The second-order valence-electron chi connectivity index (χ2n) is 4.18. The number of rotatable bonds is 7. The van der Waals surface area contributed by atoms with Gasteiger partial charge < -0.3 is 20.4 Å². The van der Waals surface area contributed by atoms with Crippen molar-refractivity contribution < 1.29 is 23.8 Å². The van der Waals surface area contributed by atoms with Gasteiger partial charge in [-0.2, -0.15) is 5.26 Å². The molecule has 0 spiro atoms. The third-order valence-corrected chi connectivity index (χ3v) is 2.68. The number of aliphatic hydroxyl groups is 2. The standard InChI is InChI=1S/C14H15F2N3O3/c15-11-1-2-13(12(16)7-11)18-9-10(8-17)14(22)19(3-5-20)4-6-21/h1-2,7,9,18,20-21H,3-6H2/b10-9-. The topological polar surface area (TPSA) is 96.6 Å². The minimum atomic E-state index is -0.872. The van der Waals surface area contributed by atoms with Crippen molar-refractivity contribution in [3.05, 3.63) is 41.6 Å². The van der Waals surface area contributed by atoms with Gasteiger partial charge in [0.2, 0.25) is 0 Å². The lowest BCUT2D eigenvalue weighted by Gasteiger charge is -2.20. The zero-order valence-electron chi connectivity index (χ0n) is 11.6. The number of carbonyl (C=O) groups is 1. The number of nitriles is 1. The van der Waals surface area contributed by atoms with Gasteiger partial charge in [0.15, 0.2) is 0 Å². The Morgan fingerprint density at radius 1 is 1.32 bits per heavy atom. The number of benzene rings is 1. The average molecular weight is 311 g/mol. The first-order valence-electron chi connectivity index (χ1n) is 6.36. The van der Waals surface area contributed by atoms with Crippen molar-refractivity contribution in [1.29, 1.82) is 5.26 Å². The molecule has 0 aromatic heterocycles. The maximum atomic E-state index is 13.4. The lowest BCUT2D eigenvalue weighted by atomic mass is 10.2. The molecule has 0 heterocycles. The van der Waals surface area contributed by atoms with Crippen LogP contribution in [0, 0.1) is 23.0 Å². The Hall–Kier alpha value is -2.50.